The van der Waals surface area contributed by atoms with Crippen LogP contribution in [0.3, 0.4) is 0 Å². The van der Waals surface area contributed by atoms with Crippen LogP contribution in [0.15, 0.2) is 35.2 Å². The zero-order chi connectivity index (χ0) is 14.4. The van der Waals surface area contributed by atoms with Crippen molar-refractivity contribution in [2.75, 3.05) is 36.8 Å². The molecule has 4 rings (SSSR count). The fourth-order valence-electron chi connectivity index (χ4n) is 4.33. The molecule has 0 saturated carbocycles. The number of fused-ring (bicyclic) bond motifs is 3. The summed E-state index contributed by atoms with van der Waals surface area (Å²) in [5.74, 6) is 1.97. The first-order chi connectivity index (χ1) is 10.2. The topological polar surface area (TPSA) is 6.48 Å². The summed E-state index contributed by atoms with van der Waals surface area (Å²) in [5.41, 5.74) is 4.47. The third-order valence-corrected chi connectivity index (χ3v) is 6.21. The average Bonchev–Trinajstić information content (AvgIpc) is 2.63. The Morgan fingerprint density at radius 2 is 2.29 bits per heavy atom. The third-order valence-electron chi connectivity index (χ3n) is 5.07. The molecule has 3 aliphatic heterocycles. The van der Waals surface area contributed by atoms with Crippen molar-refractivity contribution >= 4 is 17.4 Å². The second-order valence-corrected chi connectivity index (χ2v) is 7.88. The molecular weight excluding hydrogens is 276 g/mol. The van der Waals surface area contributed by atoms with E-state index >= 15 is 0 Å². The number of anilines is 1. The van der Waals surface area contributed by atoms with Gasteiger partial charge in [0.05, 0.1) is 5.69 Å². The number of benzene rings is 1. The van der Waals surface area contributed by atoms with E-state index in [-0.39, 0.29) is 0 Å². The Labute approximate surface area is 132 Å². The summed E-state index contributed by atoms with van der Waals surface area (Å²) >= 11 is 2.05. The van der Waals surface area contributed by atoms with Crippen LogP contribution in [0.25, 0.3) is 0 Å². The zero-order valence-electron chi connectivity index (χ0n) is 12.8. The van der Waals surface area contributed by atoms with Crippen molar-refractivity contribution in [1.82, 2.24) is 4.90 Å². The van der Waals surface area contributed by atoms with E-state index in [0.717, 1.165) is 12.6 Å². The van der Waals surface area contributed by atoms with Crippen LogP contribution in [-0.4, -0.2) is 42.9 Å². The number of hydrogen-bond donors (Lipinski definition) is 0. The molecule has 0 N–H and O–H groups in total. The van der Waals surface area contributed by atoms with Crippen LogP contribution in [0.4, 0.5) is 5.69 Å². The molecule has 21 heavy (non-hydrogen) atoms. The minimum atomic E-state index is 0.701. The number of rotatable bonds is 2. The van der Waals surface area contributed by atoms with Gasteiger partial charge in [0, 0.05) is 43.0 Å². The molecule has 3 aliphatic rings. The van der Waals surface area contributed by atoms with Crippen LogP contribution >= 0.6 is 11.8 Å². The lowest BCUT2D eigenvalue weighted by Crippen LogP contribution is -2.46. The highest BCUT2D eigenvalue weighted by Crippen LogP contribution is 2.50. The van der Waals surface area contributed by atoms with Gasteiger partial charge in [-0.2, -0.15) is 0 Å². The number of nitrogens with zero attached hydrogens (tertiary/aromatic N) is 2. The highest BCUT2D eigenvalue weighted by atomic mass is 32.2. The Kier molecular flexibility index (Phi) is 3.50. The molecule has 3 heterocycles. The zero-order valence-corrected chi connectivity index (χ0v) is 13.7. The van der Waals surface area contributed by atoms with E-state index in [9.17, 15) is 0 Å². The average molecular weight is 300 g/mol. The third kappa shape index (κ3) is 2.31. The quantitative estimate of drug-likeness (QED) is 0.768. The van der Waals surface area contributed by atoms with Gasteiger partial charge in [0.1, 0.15) is 0 Å². The van der Waals surface area contributed by atoms with Crippen LogP contribution in [-0.2, 0) is 0 Å². The molecule has 1 fully saturated rings. The van der Waals surface area contributed by atoms with E-state index in [4.69, 9.17) is 0 Å². The molecule has 0 aromatic heterocycles. The lowest BCUT2D eigenvalue weighted by atomic mass is 9.89. The van der Waals surface area contributed by atoms with Crippen LogP contribution in [0.2, 0.25) is 0 Å². The first-order valence-electron chi connectivity index (χ1n) is 8.13. The van der Waals surface area contributed by atoms with Crippen molar-refractivity contribution in [3.05, 3.63) is 35.9 Å². The lowest BCUT2D eigenvalue weighted by molar-refractivity contribution is 0.207. The van der Waals surface area contributed by atoms with E-state index in [2.05, 4.69) is 53.3 Å². The molecule has 0 amide bonds. The first-order valence-corrected chi connectivity index (χ1v) is 9.11. The van der Waals surface area contributed by atoms with Gasteiger partial charge < -0.3 is 4.90 Å². The van der Waals surface area contributed by atoms with Gasteiger partial charge in [-0.3, -0.25) is 4.90 Å². The smallest absolute Gasteiger partial charge is 0.0543 e. The molecule has 1 aromatic carbocycles. The maximum atomic E-state index is 4.09. The van der Waals surface area contributed by atoms with Gasteiger partial charge in [0.2, 0.25) is 0 Å². The number of likely N-dealkylation sites (tertiary alicyclic amines) is 1. The summed E-state index contributed by atoms with van der Waals surface area (Å²) in [6.07, 6.45) is 2.62. The molecule has 0 radical (unpaired) electrons. The van der Waals surface area contributed by atoms with Crippen molar-refractivity contribution in [2.24, 2.45) is 0 Å². The lowest BCUT2D eigenvalue weighted by Gasteiger charge is -2.39. The Morgan fingerprint density at radius 1 is 1.38 bits per heavy atom. The summed E-state index contributed by atoms with van der Waals surface area (Å²) in [6, 6.07) is 7.71. The van der Waals surface area contributed by atoms with E-state index in [1.165, 1.54) is 48.7 Å². The second kappa shape index (κ2) is 5.36. The fourth-order valence-corrected chi connectivity index (χ4v) is 5.37. The molecular formula is C18H24N2S. The van der Waals surface area contributed by atoms with Crippen LogP contribution < -0.4 is 4.90 Å². The van der Waals surface area contributed by atoms with Gasteiger partial charge in [-0.15, -0.1) is 11.8 Å². The summed E-state index contributed by atoms with van der Waals surface area (Å²) in [4.78, 5) is 6.86. The molecule has 0 bridgehead atoms. The normalized spacial score (nSPS) is 28.0. The predicted molar refractivity (Wildman–Crippen MR) is 91.5 cm³/mol. The monoisotopic (exact) mass is 300 g/mol. The molecule has 0 aliphatic carbocycles. The van der Waals surface area contributed by atoms with Crippen LogP contribution in [0, 0.1) is 0 Å². The largest absolute Gasteiger partial charge is 0.367 e. The van der Waals surface area contributed by atoms with E-state index in [0.29, 0.717) is 5.92 Å². The van der Waals surface area contributed by atoms with E-state index in [1.54, 1.807) is 11.3 Å². The van der Waals surface area contributed by atoms with Crippen LogP contribution in [0.1, 0.15) is 31.2 Å². The second-order valence-electron chi connectivity index (χ2n) is 6.74. The van der Waals surface area contributed by atoms with Gasteiger partial charge in [-0.05, 0) is 37.1 Å². The SMILES string of the molecule is C=C(C)CN1CC[C@@H]2[C@H](C1)c1cccc3c1N2CCCS3. The Bertz CT molecular complexity index is 568. The van der Waals surface area contributed by atoms with Gasteiger partial charge in [0.15, 0.2) is 0 Å². The van der Waals surface area contributed by atoms with E-state index < -0.39 is 0 Å². The summed E-state index contributed by atoms with van der Waals surface area (Å²) in [6.45, 7) is 11.0. The molecule has 1 saturated heterocycles. The van der Waals surface area contributed by atoms with Gasteiger partial charge in [-0.1, -0.05) is 24.3 Å². The maximum Gasteiger partial charge on any atom is 0.0543 e. The maximum absolute atomic E-state index is 4.09. The highest BCUT2D eigenvalue weighted by Gasteiger charge is 2.43. The first kappa shape index (κ1) is 13.7. The molecule has 1 aromatic rings. The number of para-hydroxylation sites is 1. The molecule has 0 spiro atoms. The van der Waals surface area contributed by atoms with Gasteiger partial charge in [-0.25, -0.2) is 0 Å². The number of thioether (sulfide) groups is 1. The van der Waals surface area contributed by atoms with Crippen molar-refractivity contribution in [3.63, 3.8) is 0 Å². The minimum Gasteiger partial charge on any atom is -0.367 e. The Balaban J connectivity index is 1.68. The Morgan fingerprint density at radius 3 is 3.14 bits per heavy atom. The van der Waals surface area contributed by atoms with E-state index in [1.807, 2.05) is 0 Å². The highest BCUT2D eigenvalue weighted by molar-refractivity contribution is 7.99. The summed E-state index contributed by atoms with van der Waals surface area (Å²) in [7, 11) is 0. The Hall–Kier alpha value is -0.930. The van der Waals surface area contributed by atoms with Crippen molar-refractivity contribution in [2.45, 2.75) is 36.6 Å². The number of hydrogen-bond acceptors (Lipinski definition) is 3. The summed E-state index contributed by atoms with van der Waals surface area (Å²) < 4.78 is 0. The molecule has 2 atom stereocenters. The van der Waals surface area contributed by atoms with Gasteiger partial charge >= 0.3 is 0 Å². The molecule has 0 unspecified atom stereocenters. The van der Waals surface area contributed by atoms with Gasteiger partial charge in [0.25, 0.3) is 0 Å². The standard InChI is InChI=1S/C18H24N2S/c1-13(2)11-19-9-7-16-15(12-19)14-5-3-6-17-18(14)20(16)8-4-10-21-17/h3,5-6,15-16H,1,4,7-12H2,2H3/t15-,16-/m1/s1. The van der Waals surface area contributed by atoms with Crippen molar-refractivity contribution < 1.29 is 0 Å². The predicted octanol–water partition coefficient (Wildman–Crippen LogP) is 3.74. The van der Waals surface area contributed by atoms with Crippen molar-refractivity contribution in [3.8, 4) is 0 Å². The summed E-state index contributed by atoms with van der Waals surface area (Å²) in [5, 5.41) is 0. The van der Waals surface area contributed by atoms with Crippen molar-refractivity contribution in [1.29, 1.82) is 0 Å². The fraction of sp³-hybridized carbons (Fsp3) is 0.556. The molecule has 2 nitrogen and oxygen atoms in total. The molecule has 3 heteroatoms. The van der Waals surface area contributed by atoms with Crippen LogP contribution in [0.5, 0.6) is 0 Å². The minimum absolute atomic E-state index is 0.701. The molecule has 112 valence electrons. The number of piperidine rings is 1.